The molecule has 2 aromatic rings. The van der Waals surface area contributed by atoms with Gasteiger partial charge < -0.3 is 14.8 Å². The van der Waals surface area contributed by atoms with Gasteiger partial charge in [0.25, 0.3) is 5.91 Å². The summed E-state index contributed by atoms with van der Waals surface area (Å²) in [7, 11) is 1.55. The van der Waals surface area contributed by atoms with Crippen LogP contribution in [-0.2, 0) is 28.7 Å². The van der Waals surface area contributed by atoms with Crippen LogP contribution in [0.2, 0.25) is 0 Å². The number of Topliss-reactive ketones (excluding diaryl/α,β-unsaturated/α-hetero) is 1. The van der Waals surface area contributed by atoms with Crippen LogP contribution in [0.5, 0.6) is 0 Å². The van der Waals surface area contributed by atoms with Crippen LogP contribution < -0.4 is 10.7 Å². The lowest BCUT2D eigenvalue weighted by atomic mass is 9.85. The van der Waals surface area contributed by atoms with Gasteiger partial charge in [-0.15, -0.1) is 0 Å². The van der Waals surface area contributed by atoms with Crippen LogP contribution in [0.25, 0.3) is 16.8 Å². The number of hydrazine groups is 1. The fraction of sp³-hybridized carbons (Fsp3) is 0.545. The Morgan fingerprint density at radius 3 is 2.53 bits per heavy atom. The van der Waals surface area contributed by atoms with E-state index >= 15 is 0 Å². The van der Waals surface area contributed by atoms with Crippen molar-refractivity contribution in [3.63, 3.8) is 0 Å². The number of cyclic esters (lactones) is 1. The minimum absolute atomic E-state index is 0.0142. The first kappa shape index (κ1) is 32.3. The number of pyridine rings is 1. The van der Waals surface area contributed by atoms with Crippen molar-refractivity contribution >= 4 is 40.4 Å². The molecule has 2 amide bonds. The Kier molecular flexibility index (Phi) is 10.0. The molecule has 0 aliphatic carbocycles. The van der Waals surface area contributed by atoms with Crippen LogP contribution in [0, 0.1) is 17.8 Å². The van der Waals surface area contributed by atoms with Gasteiger partial charge in [0, 0.05) is 43.5 Å². The number of carbonyl (C=O) groups is 4. The molecule has 1 saturated heterocycles. The van der Waals surface area contributed by atoms with E-state index in [-0.39, 0.29) is 29.9 Å². The summed E-state index contributed by atoms with van der Waals surface area (Å²) in [6, 6.07) is 6.89. The quantitative estimate of drug-likeness (QED) is 0.499. The number of nitrogens with zero attached hydrogens (tertiary/aromatic N) is 2. The molecule has 4 rings (SSSR count). The van der Waals surface area contributed by atoms with Crippen molar-refractivity contribution in [2.24, 2.45) is 17.8 Å². The maximum Gasteiger partial charge on any atom is 0.328 e. The van der Waals surface area contributed by atoms with Crippen molar-refractivity contribution in [3.05, 3.63) is 47.8 Å². The molecular weight excluding hydrogens is 548 g/mol. The predicted octanol–water partition coefficient (Wildman–Crippen LogP) is 4.14. The van der Waals surface area contributed by atoms with E-state index in [1.54, 1.807) is 34.1 Å². The van der Waals surface area contributed by atoms with Gasteiger partial charge in [-0.1, -0.05) is 39.0 Å². The summed E-state index contributed by atoms with van der Waals surface area (Å²) >= 11 is 0. The molecule has 232 valence electrons. The Balaban J connectivity index is 1.71. The van der Waals surface area contributed by atoms with E-state index in [4.69, 9.17) is 9.47 Å². The molecule has 10 nitrogen and oxygen atoms in total. The van der Waals surface area contributed by atoms with Crippen LogP contribution in [0.4, 0.5) is 0 Å². The molecule has 3 heterocycles. The third-order valence-corrected chi connectivity index (χ3v) is 8.70. The Morgan fingerprint density at radius 1 is 1.09 bits per heavy atom. The van der Waals surface area contributed by atoms with E-state index in [1.165, 1.54) is 5.01 Å². The number of ketones is 1. The highest BCUT2D eigenvalue weighted by Crippen LogP contribution is 2.28. The number of carbonyl (C=O) groups excluding carboxylic acids is 4. The molecule has 0 saturated carbocycles. The van der Waals surface area contributed by atoms with E-state index in [0.717, 1.165) is 16.3 Å². The second-order valence-electron chi connectivity index (χ2n) is 12.4. The molecule has 1 fully saturated rings. The summed E-state index contributed by atoms with van der Waals surface area (Å²) in [4.78, 5) is 58.1. The third kappa shape index (κ3) is 7.30. The number of fused-ring (bicyclic) bond motifs is 4. The lowest BCUT2D eigenvalue weighted by Gasteiger charge is -2.41. The number of esters is 1. The highest BCUT2D eigenvalue weighted by Gasteiger charge is 2.42. The number of methoxy groups -OCH3 is 1. The SMILES string of the molecule is CO[C@@H]1/C=C/c2cc3cc(ccc3cn2)[C@@H](C)OC(=O)[C@@]2(C)CCCN(N2)C(=O)[C@H](C)NC(=O)[C@H](C(C)C)CC(=O)[C@@H]1C. The Labute approximate surface area is 253 Å². The maximum atomic E-state index is 13.4. The smallest absolute Gasteiger partial charge is 0.328 e. The first-order valence-corrected chi connectivity index (χ1v) is 15.1. The second-order valence-corrected chi connectivity index (χ2v) is 12.4. The first-order chi connectivity index (χ1) is 20.3. The molecule has 2 aliphatic rings. The summed E-state index contributed by atoms with van der Waals surface area (Å²) < 4.78 is 11.6. The van der Waals surface area contributed by atoms with Crippen LogP contribution in [-0.4, -0.2) is 64.9 Å². The molecule has 5 bridgehead atoms. The van der Waals surface area contributed by atoms with Gasteiger partial charge in [-0.2, -0.15) is 0 Å². The molecule has 1 aromatic carbocycles. The van der Waals surface area contributed by atoms with E-state index in [9.17, 15) is 19.2 Å². The van der Waals surface area contributed by atoms with Gasteiger partial charge in [0.2, 0.25) is 5.91 Å². The average Bonchev–Trinajstić information content (AvgIpc) is 2.98. The molecule has 2 aliphatic heterocycles. The van der Waals surface area contributed by atoms with E-state index < -0.39 is 41.6 Å². The Bertz CT molecular complexity index is 1410. The molecule has 43 heavy (non-hydrogen) atoms. The zero-order valence-electron chi connectivity index (χ0n) is 26.2. The minimum Gasteiger partial charge on any atom is -0.456 e. The number of amides is 2. The van der Waals surface area contributed by atoms with Crippen molar-refractivity contribution in [2.45, 2.75) is 84.6 Å². The molecule has 6 atom stereocenters. The van der Waals surface area contributed by atoms with Crippen LogP contribution in [0.1, 0.15) is 78.2 Å². The third-order valence-electron chi connectivity index (χ3n) is 8.70. The Morgan fingerprint density at radius 2 is 1.84 bits per heavy atom. The van der Waals surface area contributed by atoms with Gasteiger partial charge in [-0.05, 0) is 68.7 Å². The predicted molar refractivity (Wildman–Crippen MR) is 163 cm³/mol. The lowest BCUT2D eigenvalue weighted by Crippen LogP contribution is -2.65. The van der Waals surface area contributed by atoms with Gasteiger partial charge in [0.1, 0.15) is 23.5 Å². The molecule has 0 spiro atoms. The summed E-state index contributed by atoms with van der Waals surface area (Å²) in [6.45, 7) is 11.1. The lowest BCUT2D eigenvalue weighted by molar-refractivity contribution is -0.164. The highest BCUT2D eigenvalue weighted by atomic mass is 16.5. The number of benzene rings is 1. The van der Waals surface area contributed by atoms with Crippen molar-refractivity contribution in [2.75, 3.05) is 13.7 Å². The van der Waals surface area contributed by atoms with Crippen molar-refractivity contribution in [1.29, 1.82) is 0 Å². The fourth-order valence-electron chi connectivity index (χ4n) is 5.67. The molecule has 1 aromatic heterocycles. The molecular formula is C33H44N4O6. The topological polar surface area (TPSA) is 127 Å². The fourth-order valence-corrected chi connectivity index (χ4v) is 5.67. The number of hydrogen-bond acceptors (Lipinski definition) is 8. The van der Waals surface area contributed by atoms with E-state index in [1.807, 2.05) is 57.2 Å². The van der Waals surface area contributed by atoms with Gasteiger partial charge >= 0.3 is 5.97 Å². The van der Waals surface area contributed by atoms with Crippen LogP contribution in [0.3, 0.4) is 0 Å². The number of hydrogen-bond donors (Lipinski definition) is 2. The van der Waals surface area contributed by atoms with Crippen LogP contribution >= 0.6 is 0 Å². The Hall–Kier alpha value is -3.63. The van der Waals surface area contributed by atoms with Crippen molar-refractivity contribution in [1.82, 2.24) is 20.7 Å². The van der Waals surface area contributed by atoms with Gasteiger partial charge in [-0.3, -0.25) is 24.4 Å². The second kappa shape index (κ2) is 13.3. The minimum atomic E-state index is -1.12. The average molecular weight is 593 g/mol. The molecule has 2 N–H and O–H groups in total. The van der Waals surface area contributed by atoms with Crippen LogP contribution in [0.15, 0.2) is 36.5 Å². The standard InChI is InChI=1S/C33H44N4O6/c1-19(2)27-17-28(38)20(3)29(42-7)12-11-26-16-25-15-23(9-10-24(25)18-34-26)22(5)43-32(41)33(6)13-8-14-37(36-33)31(40)21(4)35-30(27)39/h9-12,15-16,18-22,27,29,36H,8,13-14,17H2,1-7H3,(H,35,39)/b12-11+/t20-,21-,22+,27-,29+,33+/m0/s1. The summed E-state index contributed by atoms with van der Waals surface area (Å²) in [5, 5.41) is 6.06. The van der Waals surface area contributed by atoms with Crippen molar-refractivity contribution in [3.8, 4) is 0 Å². The summed E-state index contributed by atoms with van der Waals surface area (Å²) in [6.07, 6.45) is 5.42. The number of nitrogens with one attached hydrogen (secondary N) is 2. The van der Waals surface area contributed by atoms with E-state index in [0.29, 0.717) is 25.1 Å². The van der Waals surface area contributed by atoms with E-state index in [2.05, 4.69) is 15.7 Å². The zero-order chi connectivity index (χ0) is 31.5. The molecule has 10 heteroatoms. The monoisotopic (exact) mass is 592 g/mol. The number of aromatic nitrogens is 1. The zero-order valence-corrected chi connectivity index (χ0v) is 26.2. The van der Waals surface area contributed by atoms with Gasteiger partial charge in [0.05, 0.1) is 11.8 Å². The normalized spacial score (nSPS) is 30.6. The molecule has 0 unspecified atom stereocenters. The van der Waals surface area contributed by atoms with Crippen molar-refractivity contribution < 1.29 is 28.7 Å². The van der Waals surface area contributed by atoms with Gasteiger partial charge in [-0.25, -0.2) is 10.2 Å². The number of ether oxygens (including phenoxy) is 2. The largest absolute Gasteiger partial charge is 0.456 e. The number of rotatable bonds is 2. The summed E-state index contributed by atoms with van der Waals surface area (Å²) in [5.74, 6) is -2.58. The highest BCUT2D eigenvalue weighted by molar-refractivity contribution is 5.92. The first-order valence-electron chi connectivity index (χ1n) is 15.1. The molecule has 0 radical (unpaired) electrons. The summed E-state index contributed by atoms with van der Waals surface area (Å²) in [5.41, 5.74) is 3.47. The van der Waals surface area contributed by atoms with Gasteiger partial charge in [0.15, 0.2) is 0 Å². The maximum absolute atomic E-state index is 13.4.